The van der Waals surface area contributed by atoms with E-state index in [9.17, 15) is 24.8 Å². The van der Waals surface area contributed by atoms with E-state index in [1.807, 2.05) is 31.2 Å². The molecule has 10 nitrogen and oxygen atoms in total. The number of anilines is 1. The number of rotatable bonds is 9. The number of carbonyl (C=O) groups excluding carboxylic acids is 2. The van der Waals surface area contributed by atoms with Gasteiger partial charge in [0.1, 0.15) is 6.04 Å². The van der Waals surface area contributed by atoms with E-state index in [1.54, 1.807) is 19.1 Å². The molecule has 1 atom stereocenters. The molecule has 0 saturated carbocycles. The van der Waals surface area contributed by atoms with Crippen molar-refractivity contribution < 1.29 is 19.5 Å². The Morgan fingerprint density at radius 1 is 1.23 bits per heavy atom. The molecule has 40 heavy (non-hydrogen) atoms. The van der Waals surface area contributed by atoms with Crippen LogP contribution in [0.4, 0.5) is 5.69 Å². The van der Waals surface area contributed by atoms with Gasteiger partial charge in [-0.2, -0.15) is 5.26 Å². The summed E-state index contributed by atoms with van der Waals surface area (Å²) in [5.74, 6) is -0.484. The van der Waals surface area contributed by atoms with Crippen LogP contribution >= 0.6 is 0 Å². The van der Waals surface area contributed by atoms with Crippen LogP contribution in [0.25, 0.3) is 0 Å². The summed E-state index contributed by atoms with van der Waals surface area (Å²) in [7, 11) is 0. The third kappa shape index (κ3) is 7.17. The molecule has 210 valence electrons. The molecule has 1 unspecified atom stereocenters. The maximum absolute atomic E-state index is 13.1. The second-order valence-electron chi connectivity index (χ2n) is 10.4. The molecule has 0 aliphatic carbocycles. The van der Waals surface area contributed by atoms with Crippen molar-refractivity contribution in [2.75, 3.05) is 31.1 Å². The van der Waals surface area contributed by atoms with Gasteiger partial charge < -0.3 is 20.6 Å². The number of piperidine rings is 1. The van der Waals surface area contributed by atoms with Crippen LogP contribution in [0.15, 0.2) is 41.4 Å². The first-order valence-corrected chi connectivity index (χ1v) is 13.8. The van der Waals surface area contributed by atoms with Gasteiger partial charge in [-0.05, 0) is 73.1 Å². The molecule has 1 fully saturated rings. The molecule has 1 saturated heterocycles. The fourth-order valence-electron chi connectivity index (χ4n) is 5.28. The summed E-state index contributed by atoms with van der Waals surface area (Å²) in [6.07, 6.45) is 3.17. The lowest BCUT2D eigenvalue weighted by Gasteiger charge is -2.34. The summed E-state index contributed by atoms with van der Waals surface area (Å²) in [4.78, 5) is 43.3. The predicted octanol–water partition coefficient (Wildman–Crippen LogP) is 2.54. The summed E-state index contributed by atoms with van der Waals surface area (Å²) in [6, 6.07) is 12.2. The monoisotopic (exact) mass is 544 g/mol. The molecule has 4 rings (SSSR count). The number of aryl methyl sites for hydroxylation is 2. The molecule has 2 aromatic carbocycles. The number of aliphatic carboxylic acids is 1. The Balaban J connectivity index is 1.32. The van der Waals surface area contributed by atoms with E-state index in [1.165, 1.54) is 0 Å². The van der Waals surface area contributed by atoms with Crippen molar-refractivity contribution >= 4 is 29.4 Å². The SMILES string of the molecule is CCc1cc(C#N)cc(C)c1C(=O)NC(Cc1ccc(N2CCC(CNC3=NCCC(=O)N3)CC2)cc1)C(=O)O. The number of guanidine groups is 1. The average molecular weight is 545 g/mol. The quantitative estimate of drug-likeness (QED) is 0.379. The largest absolute Gasteiger partial charge is 0.480 e. The standard InChI is InChI=1S/C30H36N6O4/c1-3-23-15-22(17-31)14-19(2)27(23)28(38)34-25(29(39)40)16-20-4-6-24(7-5-20)36-12-9-21(10-13-36)18-33-30-32-11-8-26(37)35-30/h4-7,14-15,21,25H,3,8-13,16,18H2,1-2H3,(H,34,38)(H,39,40)(H2,32,33,35,37). The Morgan fingerprint density at radius 3 is 2.58 bits per heavy atom. The zero-order valence-electron chi connectivity index (χ0n) is 23.0. The molecular formula is C30H36N6O4. The van der Waals surface area contributed by atoms with E-state index < -0.39 is 17.9 Å². The van der Waals surface area contributed by atoms with E-state index in [0.717, 1.165) is 49.3 Å². The van der Waals surface area contributed by atoms with E-state index in [2.05, 4.69) is 31.9 Å². The number of hydrogen-bond acceptors (Lipinski definition) is 7. The molecule has 4 N–H and O–H groups in total. The van der Waals surface area contributed by atoms with Crippen molar-refractivity contribution in [3.05, 3.63) is 64.2 Å². The first-order valence-electron chi connectivity index (χ1n) is 13.8. The number of benzene rings is 2. The van der Waals surface area contributed by atoms with E-state index in [4.69, 9.17) is 0 Å². The first kappa shape index (κ1) is 28.6. The lowest BCUT2D eigenvalue weighted by Crippen LogP contribution is -2.46. The Labute approximate surface area is 234 Å². The molecule has 0 radical (unpaired) electrons. The number of nitrogens with one attached hydrogen (secondary N) is 3. The fourth-order valence-corrected chi connectivity index (χ4v) is 5.28. The Bertz CT molecular complexity index is 1320. The molecule has 2 aromatic rings. The van der Waals surface area contributed by atoms with Gasteiger partial charge in [0.2, 0.25) is 5.91 Å². The minimum atomic E-state index is -1.10. The Kier molecular flexibility index (Phi) is 9.38. The Hall–Kier alpha value is -4.39. The minimum absolute atomic E-state index is 0.000134. The maximum Gasteiger partial charge on any atom is 0.326 e. The Morgan fingerprint density at radius 2 is 1.95 bits per heavy atom. The number of amides is 2. The lowest BCUT2D eigenvalue weighted by molar-refractivity contribution is -0.139. The van der Waals surface area contributed by atoms with Crippen molar-refractivity contribution in [3.8, 4) is 6.07 Å². The number of carboxylic acid groups (broad SMARTS) is 1. The van der Waals surface area contributed by atoms with Crippen LogP contribution in [0.5, 0.6) is 0 Å². The lowest BCUT2D eigenvalue weighted by atomic mass is 9.95. The zero-order chi connectivity index (χ0) is 28.6. The fraction of sp³-hybridized carbons (Fsp3) is 0.433. The van der Waals surface area contributed by atoms with Crippen molar-refractivity contribution in [1.29, 1.82) is 5.26 Å². The van der Waals surface area contributed by atoms with Gasteiger partial charge in [-0.15, -0.1) is 0 Å². The van der Waals surface area contributed by atoms with Gasteiger partial charge in [-0.3, -0.25) is 19.9 Å². The zero-order valence-corrected chi connectivity index (χ0v) is 23.0. The number of carbonyl (C=O) groups is 3. The van der Waals surface area contributed by atoms with Gasteiger partial charge in [0, 0.05) is 43.7 Å². The highest BCUT2D eigenvalue weighted by molar-refractivity contribution is 5.99. The molecule has 2 aliphatic rings. The molecule has 10 heteroatoms. The highest BCUT2D eigenvalue weighted by Gasteiger charge is 2.25. The normalized spacial score (nSPS) is 16.4. The second kappa shape index (κ2) is 13.1. The van der Waals surface area contributed by atoms with Crippen LogP contribution in [0, 0.1) is 24.2 Å². The number of nitrogens with zero attached hydrogens (tertiary/aromatic N) is 3. The molecule has 2 amide bonds. The highest BCUT2D eigenvalue weighted by atomic mass is 16.4. The van der Waals surface area contributed by atoms with Crippen molar-refractivity contribution in [1.82, 2.24) is 16.0 Å². The number of carboxylic acids is 1. The molecule has 0 bridgehead atoms. The summed E-state index contributed by atoms with van der Waals surface area (Å²) >= 11 is 0. The first-order chi connectivity index (χ1) is 19.3. The van der Waals surface area contributed by atoms with Gasteiger partial charge in [-0.1, -0.05) is 19.1 Å². The molecule has 2 heterocycles. The van der Waals surface area contributed by atoms with Crippen LogP contribution in [0.3, 0.4) is 0 Å². The van der Waals surface area contributed by atoms with Crippen LogP contribution in [-0.4, -0.2) is 61.1 Å². The number of nitriles is 1. The predicted molar refractivity (Wildman–Crippen MR) is 152 cm³/mol. The van der Waals surface area contributed by atoms with Gasteiger partial charge in [0.25, 0.3) is 5.91 Å². The number of hydrogen-bond donors (Lipinski definition) is 4. The summed E-state index contributed by atoms with van der Waals surface area (Å²) in [5, 5.41) is 27.8. The van der Waals surface area contributed by atoms with Gasteiger partial charge in [-0.25, -0.2) is 4.79 Å². The summed E-state index contributed by atoms with van der Waals surface area (Å²) in [5.41, 5.74) is 4.17. The third-order valence-corrected chi connectivity index (χ3v) is 7.54. The summed E-state index contributed by atoms with van der Waals surface area (Å²) in [6.45, 7) is 6.77. The maximum atomic E-state index is 13.1. The molecule has 2 aliphatic heterocycles. The van der Waals surface area contributed by atoms with E-state index >= 15 is 0 Å². The van der Waals surface area contributed by atoms with E-state index in [0.29, 0.717) is 48.0 Å². The van der Waals surface area contributed by atoms with Crippen LogP contribution in [-0.2, 0) is 22.4 Å². The molecule has 0 spiro atoms. The third-order valence-electron chi connectivity index (χ3n) is 7.54. The second-order valence-corrected chi connectivity index (χ2v) is 10.4. The number of aliphatic imine (C=N–C) groups is 1. The van der Waals surface area contributed by atoms with Gasteiger partial charge in [0.05, 0.1) is 18.2 Å². The average Bonchev–Trinajstić information content (AvgIpc) is 2.95. The van der Waals surface area contributed by atoms with Gasteiger partial charge in [0.15, 0.2) is 5.96 Å². The van der Waals surface area contributed by atoms with Crippen molar-refractivity contribution in [2.45, 2.75) is 52.0 Å². The summed E-state index contributed by atoms with van der Waals surface area (Å²) < 4.78 is 0. The highest BCUT2D eigenvalue weighted by Crippen LogP contribution is 2.24. The van der Waals surface area contributed by atoms with Crippen LogP contribution < -0.4 is 20.9 Å². The van der Waals surface area contributed by atoms with Crippen molar-refractivity contribution in [3.63, 3.8) is 0 Å². The van der Waals surface area contributed by atoms with Crippen LogP contribution in [0.1, 0.15) is 58.8 Å². The minimum Gasteiger partial charge on any atom is -0.480 e. The smallest absolute Gasteiger partial charge is 0.326 e. The molecular weight excluding hydrogens is 508 g/mol. The van der Waals surface area contributed by atoms with E-state index in [-0.39, 0.29) is 12.3 Å². The van der Waals surface area contributed by atoms with Crippen molar-refractivity contribution in [2.24, 2.45) is 10.9 Å². The topological polar surface area (TPSA) is 147 Å². The van der Waals surface area contributed by atoms with Gasteiger partial charge >= 0.3 is 5.97 Å². The molecule has 0 aromatic heterocycles. The van der Waals surface area contributed by atoms with Crippen LogP contribution in [0.2, 0.25) is 0 Å².